The van der Waals surface area contributed by atoms with Crippen molar-refractivity contribution in [3.8, 4) is 0 Å². The van der Waals surface area contributed by atoms with Gasteiger partial charge in [-0.25, -0.2) is 0 Å². The van der Waals surface area contributed by atoms with Gasteiger partial charge in [0.2, 0.25) is 5.91 Å². The number of nitrogens with zero attached hydrogens (tertiary/aromatic N) is 2. The SMILES string of the molecule is O=C(CCN=C(Nc1ccccc1)N1CCCCC1)NCc1ccccc1. The van der Waals surface area contributed by atoms with Crippen LogP contribution >= 0.6 is 0 Å². The van der Waals surface area contributed by atoms with E-state index in [9.17, 15) is 4.79 Å². The van der Waals surface area contributed by atoms with E-state index in [1.54, 1.807) is 0 Å². The number of hydrogen-bond acceptors (Lipinski definition) is 2. The number of benzene rings is 2. The molecule has 0 radical (unpaired) electrons. The van der Waals surface area contributed by atoms with Crippen molar-refractivity contribution >= 4 is 17.6 Å². The fraction of sp³-hybridized carbons (Fsp3) is 0.364. The lowest BCUT2D eigenvalue weighted by molar-refractivity contribution is -0.121. The van der Waals surface area contributed by atoms with Gasteiger partial charge >= 0.3 is 0 Å². The van der Waals surface area contributed by atoms with Crippen molar-refractivity contribution < 1.29 is 4.79 Å². The zero-order valence-corrected chi connectivity index (χ0v) is 15.7. The Bertz CT molecular complexity index is 724. The predicted octanol–water partition coefficient (Wildman–Crippen LogP) is 3.65. The second-order valence-corrected chi connectivity index (χ2v) is 6.76. The minimum atomic E-state index is 0.0281. The number of anilines is 1. The van der Waals surface area contributed by atoms with Crippen molar-refractivity contribution in [1.82, 2.24) is 10.2 Å². The Morgan fingerprint density at radius 1 is 0.926 bits per heavy atom. The highest BCUT2D eigenvalue weighted by Gasteiger charge is 2.15. The largest absolute Gasteiger partial charge is 0.352 e. The molecule has 1 aliphatic heterocycles. The molecule has 0 atom stereocenters. The summed E-state index contributed by atoms with van der Waals surface area (Å²) in [6.07, 6.45) is 4.04. The van der Waals surface area contributed by atoms with Gasteiger partial charge < -0.3 is 15.5 Å². The molecular formula is C22H28N4O. The summed E-state index contributed by atoms with van der Waals surface area (Å²) < 4.78 is 0. The first kappa shape index (κ1) is 19.0. The molecular weight excluding hydrogens is 336 g/mol. The van der Waals surface area contributed by atoms with Crippen molar-refractivity contribution in [2.45, 2.75) is 32.2 Å². The topological polar surface area (TPSA) is 56.7 Å². The van der Waals surface area contributed by atoms with E-state index in [-0.39, 0.29) is 5.91 Å². The Morgan fingerprint density at radius 2 is 1.59 bits per heavy atom. The van der Waals surface area contributed by atoms with Crippen molar-refractivity contribution in [3.05, 3.63) is 66.2 Å². The first-order valence-electron chi connectivity index (χ1n) is 9.73. The summed E-state index contributed by atoms with van der Waals surface area (Å²) in [7, 11) is 0. The van der Waals surface area contributed by atoms with Crippen LogP contribution in [0.4, 0.5) is 5.69 Å². The standard InChI is InChI=1S/C22H28N4O/c27-21(24-18-19-10-4-1-5-11-19)14-15-23-22(26-16-8-3-9-17-26)25-20-12-6-2-7-13-20/h1-2,4-7,10-13H,3,8-9,14-18H2,(H,23,25)(H,24,27). The van der Waals surface area contributed by atoms with Gasteiger partial charge in [-0.05, 0) is 37.0 Å². The average molecular weight is 364 g/mol. The molecule has 1 aliphatic rings. The molecule has 142 valence electrons. The van der Waals surface area contributed by atoms with Gasteiger partial charge in [-0.2, -0.15) is 0 Å². The molecule has 0 saturated carbocycles. The van der Waals surface area contributed by atoms with Crippen LogP contribution in [0.2, 0.25) is 0 Å². The molecule has 27 heavy (non-hydrogen) atoms. The normalized spacial score (nSPS) is 14.7. The molecule has 3 rings (SSSR count). The maximum Gasteiger partial charge on any atom is 0.222 e. The Kier molecular flexibility index (Phi) is 7.27. The zero-order valence-electron chi connectivity index (χ0n) is 15.7. The molecule has 2 N–H and O–H groups in total. The Balaban J connectivity index is 1.53. The molecule has 1 heterocycles. The molecule has 1 fully saturated rings. The number of para-hydroxylation sites is 1. The highest BCUT2D eigenvalue weighted by Crippen LogP contribution is 2.12. The second-order valence-electron chi connectivity index (χ2n) is 6.76. The summed E-state index contributed by atoms with van der Waals surface area (Å²) in [5.41, 5.74) is 2.13. The van der Waals surface area contributed by atoms with E-state index < -0.39 is 0 Å². The smallest absolute Gasteiger partial charge is 0.222 e. The van der Waals surface area contributed by atoms with Crippen LogP contribution in [0.5, 0.6) is 0 Å². The number of hydrogen-bond donors (Lipinski definition) is 2. The fourth-order valence-electron chi connectivity index (χ4n) is 3.12. The van der Waals surface area contributed by atoms with Crippen LogP contribution in [0.3, 0.4) is 0 Å². The van der Waals surface area contributed by atoms with Gasteiger partial charge in [-0.1, -0.05) is 48.5 Å². The minimum absolute atomic E-state index is 0.0281. The van der Waals surface area contributed by atoms with Gasteiger partial charge in [-0.3, -0.25) is 9.79 Å². The molecule has 0 bridgehead atoms. The highest BCUT2D eigenvalue weighted by atomic mass is 16.1. The maximum absolute atomic E-state index is 12.1. The van der Waals surface area contributed by atoms with Crippen LogP contribution in [0.25, 0.3) is 0 Å². The number of aliphatic imine (C=N–C) groups is 1. The van der Waals surface area contributed by atoms with E-state index in [2.05, 4.69) is 15.5 Å². The van der Waals surface area contributed by atoms with E-state index in [0.717, 1.165) is 30.3 Å². The summed E-state index contributed by atoms with van der Waals surface area (Å²) >= 11 is 0. The van der Waals surface area contributed by atoms with Gasteiger partial charge in [0.1, 0.15) is 0 Å². The molecule has 5 heteroatoms. The minimum Gasteiger partial charge on any atom is -0.352 e. The molecule has 1 saturated heterocycles. The third-order valence-electron chi connectivity index (χ3n) is 4.62. The van der Waals surface area contributed by atoms with Gasteiger partial charge in [0.05, 0.1) is 6.54 Å². The van der Waals surface area contributed by atoms with E-state index in [1.165, 1.54) is 19.3 Å². The van der Waals surface area contributed by atoms with E-state index >= 15 is 0 Å². The number of rotatable bonds is 6. The van der Waals surface area contributed by atoms with E-state index in [1.807, 2.05) is 60.7 Å². The maximum atomic E-state index is 12.1. The van der Waals surface area contributed by atoms with Crippen LogP contribution < -0.4 is 10.6 Å². The Morgan fingerprint density at radius 3 is 2.30 bits per heavy atom. The molecule has 2 aromatic carbocycles. The van der Waals surface area contributed by atoms with Gasteiger partial charge in [0.15, 0.2) is 5.96 Å². The van der Waals surface area contributed by atoms with Crippen molar-refractivity contribution in [2.24, 2.45) is 4.99 Å². The average Bonchev–Trinajstić information content (AvgIpc) is 2.74. The number of nitrogens with one attached hydrogen (secondary N) is 2. The molecule has 0 unspecified atom stereocenters. The first-order chi connectivity index (χ1) is 13.3. The molecule has 5 nitrogen and oxygen atoms in total. The number of carbonyl (C=O) groups is 1. The lowest BCUT2D eigenvalue weighted by Gasteiger charge is -2.30. The summed E-state index contributed by atoms with van der Waals surface area (Å²) in [4.78, 5) is 19.1. The number of carbonyl (C=O) groups excluding carboxylic acids is 1. The lowest BCUT2D eigenvalue weighted by Crippen LogP contribution is -2.40. The fourth-order valence-corrected chi connectivity index (χ4v) is 3.12. The molecule has 1 amide bonds. The van der Waals surface area contributed by atoms with Crippen LogP contribution in [-0.2, 0) is 11.3 Å². The van der Waals surface area contributed by atoms with Crippen molar-refractivity contribution in [2.75, 3.05) is 25.0 Å². The van der Waals surface area contributed by atoms with Crippen LogP contribution in [0.15, 0.2) is 65.7 Å². The Hall–Kier alpha value is -2.82. The van der Waals surface area contributed by atoms with Crippen molar-refractivity contribution in [3.63, 3.8) is 0 Å². The van der Waals surface area contributed by atoms with Gasteiger partial charge in [-0.15, -0.1) is 0 Å². The van der Waals surface area contributed by atoms with Crippen LogP contribution in [-0.4, -0.2) is 36.4 Å². The van der Waals surface area contributed by atoms with Crippen LogP contribution in [0.1, 0.15) is 31.2 Å². The summed E-state index contributed by atoms with van der Waals surface area (Å²) in [6, 6.07) is 20.0. The molecule has 2 aromatic rings. The van der Waals surface area contributed by atoms with Gasteiger partial charge in [0, 0.05) is 31.7 Å². The summed E-state index contributed by atoms with van der Waals surface area (Å²) in [5, 5.41) is 6.38. The monoisotopic (exact) mass is 364 g/mol. The lowest BCUT2D eigenvalue weighted by atomic mass is 10.1. The predicted molar refractivity (Wildman–Crippen MR) is 111 cm³/mol. The number of amides is 1. The molecule has 0 spiro atoms. The number of piperidine rings is 1. The molecule has 0 aromatic heterocycles. The highest BCUT2D eigenvalue weighted by molar-refractivity contribution is 5.93. The second kappa shape index (κ2) is 10.4. The molecule has 0 aliphatic carbocycles. The van der Waals surface area contributed by atoms with Crippen molar-refractivity contribution in [1.29, 1.82) is 0 Å². The summed E-state index contributed by atoms with van der Waals surface area (Å²) in [6.45, 7) is 3.06. The third-order valence-corrected chi connectivity index (χ3v) is 4.62. The summed E-state index contributed by atoms with van der Waals surface area (Å²) in [5.74, 6) is 0.900. The van der Waals surface area contributed by atoms with Crippen LogP contribution in [0, 0.1) is 0 Å². The quantitative estimate of drug-likeness (QED) is 0.608. The first-order valence-corrected chi connectivity index (χ1v) is 9.73. The zero-order chi connectivity index (χ0) is 18.7. The Labute approximate surface area is 161 Å². The third kappa shape index (κ3) is 6.44. The number of likely N-dealkylation sites (tertiary alicyclic amines) is 1. The van der Waals surface area contributed by atoms with E-state index in [4.69, 9.17) is 4.99 Å². The van der Waals surface area contributed by atoms with Gasteiger partial charge in [0.25, 0.3) is 0 Å². The van der Waals surface area contributed by atoms with E-state index in [0.29, 0.717) is 19.5 Å². The number of guanidine groups is 1.